The number of hydrogen-bond donors (Lipinski definition) is 1. The molecule has 2 heterocycles. The standard InChI is InChI=1S/C13H23N3OS/c1-9-5-6-10(17-9)12-16-15-11(18-12)7-8-14-13(2,3)4/h9-10,14H,5-8H2,1-4H3. The van der Waals surface area contributed by atoms with E-state index in [2.05, 4.69) is 43.2 Å². The Bertz CT molecular complexity index is 386. The minimum absolute atomic E-state index is 0.164. The van der Waals surface area contributed by atoms with Crippen molar-refractivity contribution in [2.75, 3.05) is 6.54 Å². The quantitative estimate of drug-likeness (QED) is 0.913. The molecule has 102 valence electrons. The van der Waals surface area contributed by atoms with Crippen LogP contribution in [0.4, 0.5) is 0 Å². The van der Waals surface area contributed by atoms with Gasteiger partial charge in [-0.15, -0.1) is 10.2 Å². The van der Waals surface area contributed by atoms with E-state index in [1.165, 1.54) is 0 Å². The molecular formula is C13H23N3OS. The molecule has 0 aliphatic carbocycles. The predicted octanol–water partition coefficient (Wildman–Crippen LogP) is 2.71. The van der Waals surface area contributed by atoms with Crippen LogP contribution in [-0.2, 0) is 11.2 Å². The van der Waals surface area contributed by atoms with Crippen LogP contribution >= 0.6 is 11.3 Å². The first-order valence-corrected chi connectivity index (χ1v) is 7.48. The largest absolute Gasteiger partial charge is 0.368 e. The average molecular weight is 269 g/mol. The van der Waals surface area contributed by atoms with Gasteiger partial charge in [0.2, 0.25) is 0 Å². The molecule has 1 aliphatic heterocycles. The Kier molecular flexibility index (Phi) is 4.35. The molecule has 1 aromatic rings. The first kappa shape index (κ1) is 13.9. The molecule has 1 fully saturated rings. The van der Waals surface area contributed by atoms with Gasteiger partial charge in [-0.3, -0.25) is 0 Å². The molecule has 0 saturated carbocycles. The summed E-state index contributed by atoms with van der Waals surface area (Å²) >= 11 is 1.70. The summed E-state index contributed by atoms with van der Waals surface area (Å²) in [7, 11) is 0. The van der Waals surface area contributed by atoms with E-state index in [9.17, 15) is 0 Å². The lowest BCUT2D eigenvalue weighted by molar-refractivity contribution is 0.0550. The van der Waals surface area contributed by atoms with E-state index in [-0.39, 0.29) is 11.6 Å². The van der Waals surface area contributed by atoms with Gasteiger partial charge in [0.25, 0.3) is 0 Å². The second-order valence-corrected chi connectivity index (χ2v) is 7.07. The SMILES string of the molecule is CC1CCC(c2nnc(CCNC(C)(C)C)s2)O1. The zero-order chi connectivity index (χ0) is 13.2. The van der Waals surface area contributed by atoms with Gasteiger partial charge in [-0.05, 0) is 40.5 Å². The third-order valence-corrected chi connectivity index (χ3v) is 4.06. The summed E-state index contributed by atoms with van der Waals surface area (Å²) in [6.45, 7) is 9.58. The lowest BCUT2D eigenvalue weighted by atomic mass is 10.1. The number of hydrogen-bond acceptors (Lipinski definition) is 5. The van der Waals surface area contributed by atoms with Crippen molar-refractivity contribution in [1.82, 2.24) is 15.5 Å². The summed E-state index contributed by atoms with van der Waals surface area (Å²) in [5.74, 6) is 0. The Morgan fingerprint density at radius 3 is 2.72 bits per heavy atom. The van der Waals surface area contributed by atoms with Crippen LogP contribution < -0.4 is 5.32 Å². The number of nitrogens with zero attached hydrogens (tertiary/aromatic N) is 2. The Morgan fingerprint density at radius 1 is 1.33 bits per heavy atom. The highest BCUT2D eigenvalue weighted by atomic mass is 32.1. The smallest absolute Gasteiger partial charge is 0.146 e. The molecule has 0 spiro atoms. The van der Waals surface area contributed by atoms with Crippen molar-refractivity contribution in [3.05, 3.63) is 10.0 Å². The fraction of sp³-hybridized carbons (Fsp3) is 0.846. The lowest BCUT2D eigenvalue weighted by Crippen LogP contribution is -2.37. The minimum atomic E-state index is 0.164. The number of nitrogens with one attached hydrogen (secondary N) is 1. The van der Waals surface area contributed by atoms with Gasteiger partial charge in [0.05, 0.1) is 6.10 Å². The first-order chi connectivity index (χ1) is 8.44. The average Bonchev–Trinajstić information content (AvgIpc) is 2.85. The molecule has 2 rings (SSSR count). The maximum Gasteiger partial charge on any atom is 0.146 e. The van der Waals surface area contributed by atoms with Gasteiger partial charge in [-0.2, -0.15) is 0 Å². The summed E-state index contributed by atoms with van der Waals surface area (Å²) in [5.41, 5.74) is 0.164. The Labute approximate surface area is 113 Å². The van der Waals surface area contributed by atoms with Gasteiger partial charge < -0.3 is 10.1 Å². The number of rotatable bonds is 4. The van der Waals surface area contributed by atoms with Gasteiger partial charge in [-0.25, -0.2) is 0 Å². The zero-order valence-corrected chi connectivity index (χ0v) is 12.5. The molecule has 18 heavy (non-hydrogen) atoms. The molecule has 1 saturated heterocycles. The third-order valence-electron chi connectivity index (χ3n) is 2.98. The van der Waals surface area contributed by atoms with Crippen LogP contribution in [0.3, 0.4) is 0 Å². The molecule has 0 radical (unpaired) electrons. The van der Waals surface area contributed by atoms with Crippen LogP contribution in [0.5, 0.6) is 0 Å². The number of ether oxygens (including phenoxy) is 1. The summed E-state index contributed by atoms with van der Waals surface area (Å²) in [5, 5.41) is 14.1. The Morgan fingerprint density at radius 2 is 2.11 bits per heavy atom. The highest BCUT2D eigenvalue weighted by Gasteiger charge is 2.26. The van der Waals surface area contributed by atoms with E-state index < -0.39 is 0 Å². The van der Waals surface area contributed by atoms with Gasteiger partial charge in [0.1, 0.15) is 16.1 Å². The second kappa shape index (κ2) is 5.63. The third kappa shape index (κ3) is 4.00. The fourth-order valence-corrected chi connectivity index (χ4v) is 2.94. The Hall–Kier alpha value is -0.520. The van der Waals surface area contributed by atoms with E-state index in [0.717, 1.165) is 35.8 Å². The second-order valence-electron chi connectivity index (χ2n) is 5.97. The van der Waals surface area contributed by atoms with E-state index >= 15 is 0 Å². The summed E-state index contributed by atoms with van der Waals surface area (Å²) in [6, 6.07) is 0. The minimum Gasteiger partial charge on any atom is -0.368 e. The van der Waals surface area contributed by atoms with Crippen molar-refractivity contribution in [3.8, 4) is 0 Å². The molecule has 0 aromatic carbocycles. The van der Waals surface area contributed by atoms with Crippen molar-refractivity contribution in [2.24, 2.45) is 0 Å². The molecule has 1 N–H and O–H groups in total. The monoisotopic (exact) mass is 269 g/mol. The van der Waals surface area contributed by atoms with E-state index in [0.29, 0.717) is 6.10 Å². The first-order valence-electron chi connectivity index (χ1n) is 6.67. The summed E-state index contributed by atoms with van der Waals surface area (Å²) in [4.78, 5) is 0. The molecule has 0 amide bonds. The maximum atomic E-state index is 5.81. The summed E-state index contributed by atoms with van der Waals surface area (Å²) < 4.78 is 5.81. The lowest BCUT2D eigenvalue weighted by Gasteiger charge is -2.19. The van der Waals surface area contributed by atoms with Gasteiger partial charge >= 0.3 is 0 Å². The zero-order valence-electron chi connectivity index (χ0n) is 11.7. The van der Waals surface area contributed by atoms with Crippen molar-refractivity contribution in [2.45, 2.75) is 64.7 Å². The topological polar surface area (TPSA) is 47.0 Å². The van der Waals surface area contributed by atoms with Crippen LogP contribution in [0.15, 0.2) is 0 Å². The fourth-order valence-electron chi connectivity index (χ4n) is 2.03. The van der Waals surface area contributed by atoms with Crippen LogP contribution in [0.25, 0.3) is 0 Å². The van der Waals surface area contributed by atoms with Crippen LogP contribution in [-0.4, -0.2) is 28.4 Å². The van der Waals surface area contributed by atoms with Crippen molar-refractivity contribution >= 4 is 11.3 Å². The molecule has 2 unspecified atom stereocenters. The van der Waals surface area contributed by atoms with E-state index in [4.69, 9.17) is 4.74 Å². The van der Waals surface area contributed by atoms with Crippen LogP contribution in [0, 0.1) is 0 Å². The summed E-state index contributed by atoms with van der Waals surface area (Å²) in [6.07, 6.45) is 3.70. The molecular weight excluding hydrogens is 246 g/mol. The molecule has 1 aliphatic rings. The molecule has 0 bridgehead atoms. The van der Waals surface area contributed by atoms with Crippen molar-refractivity contribution < 1.29 is 4.74 Å². The number of aromatic nitrogens is 2. The van der Waals surface area contributed by atoms with E-state index in [1.807, 2.05) is 0 Å². The highest BCUT2D eigenvalue weighted by Crippen LogP contribution is 2.33. The molecule has 5 heteroatoms. The van der Waals surface area contributed by atoms with Gasteiger partial charge in [0, 0.05) is 18.5 Å². The molecule has 4 nitrogen and oxygen atoms in total. The Balaban J connectivity index is 1.83. The van der Waals surface area contributed by atoms with Crippen molar-refractivity contribution in [1.29, 1.82) is 0 Å². The highest BCUT2D eigenvalue weighted by molar-refractivity contribution is 7.11. The molecule has 2 atom stereocenters. The van der Waals surface area contributed by atoms with Crippen LogP contribution in [0.1, 0.15) is 56.7 Å². The maximum absolute atomic E-state index is 5.81. The molecule has 1 aromatic heterocycles. The van der Waals surface area contributed by atoms with Crippen LogP contribution in [0.2, 0.25) is 0 Å². The normalized spacial score (nSPS) is 24.7. The van der Waals surface area contributed by atoms with Gasteiger partial charge in [0.15, 0.2) is 0 Å². The predicted molar refractivity (Wildman–Crippen MR) is 73.9 cm³/mol. The van der Waals surface area contributed by atoms with Crippen molar-refractivity contribution in [3.63, 3.8) is 0 Å². The van der Waals surface area contributed by atoms with E-state index in [1.54, 1.807) is 11.3 Å². The van der Waals surface area contributed by atoms with Gasteiger partial charge in [-0.1, -0.05) is 11.3 Å².